The van der Waals surface area contributed by atoms with E-state index >= 15 is 0 Å². The summed E-state index contributed by atoms with van der Waals surface area (Å²) in [5.41, 5.74) is 3.48. The molecule has 31 heavy (non-hydrogen) atoms. The Labute approximate surface area is 201 Å². The molecule has 7 nitrogen and oxygen atoms in total. The second kappa shape index (κ2) is 13.6. The summed E-state index contributed by atoms with van der Waals surface area (Å²) in [6, 6.07) is 15.2. The zero-order chi connectivity index (χ0) is 21.9. The van der Waals surface area contributed by atoms with Gasteiger partial charge in [0, 0.05) is 51.9 Å². The topological polar surface area (TPSA) is 85.8 Å². The third-order valence-electron chi connectivity index (χ3n) is 4.49. The largest absolute Gasteiger partial charge is 0.356 e. The van der Waals surface area contributed by atoms with Gasteiger partial charge in [0.1, 0.15) is 0 Å². The molecule has 168 valence electrons. The van der Waals surface area contributed by atoms with Crippen molar-refractivity contribution in [2.45, 2.75) is 13.3 Å². The van der Waals surface area contributed by atoms with Crippen molar-refractivity contribution in [2.24, 2.45) is 4.99 Å². The Hall–Kier alpha value is -2.62. The van der Waals surface area contributed by atoms with Gasteiger partial charge in [-0.2, -0.15) is 0 Å². The molecule has 2 aromatic carbocycles. The maximum Gasteiger partial charge on any atom is 0.253 e. The van der Waals surface area contributed by atoms with Crippen molar-refractivity contribution in [2.75, 3.05) is 40.8 Å². The van der Waals surface area contributed by atoms with E-state index in [0.29, 0.717) is 36.7 Å². The van der Waals surface area contributed by atoms with E-state index in [1.807, 2.05) is 49.4 Å². The third kappa shape index (κ3) is 8.95. The Bertz CT molecular complexity index is 899. The summed E-state index contributed by atoms with van der Waals surface area (Å²) in [7, 11) is 5.20. The Balaban J connectivity index is 0.00000480. The number of carbonyl (C=O) groups is 2. The third-order valence-corrected chi connectivity index (χ3v) is 4.49. The fourth-order valence-corrected chi connectivity index (χ4v) is 2.91. The number of carbonyl (C=O) groups excluding carboxylic acids is 2. The van der Waals surface area contributed by atoms with Gasteiger partial charge in [-0.05, 0) is 43.2 Å². The van der Waals surface area contributed by atoms with Crippen molar-refractivity contribution in [1.29, 1.82) is 0 Å². The van der Waals surface area contributed by atoms with E-state index in [9.17, 15) is 9.59 Å². The van der Waals surface area contributed by atoms with Gasteiger partial charge in [0.15, 0.2) is 5.96 Å². The number of nitrogens with one attached hydrogen (secondary N) is 3. The first-order chi connectivity index (χ1) is 14.4. The summed E-state index contributed by atoms with van der Waals surface area (Å²) < 4.78 is 0. The van der Waals surface area contributed by atoms with Crippen LogP contribution in [0.5, 0.6) is 0 Å². The molecule has 0 aliphatic rings. The van der Waals surface area contributed by atoms with Crippen molar-refractivity contribution in [3.05, 3.63) is 70.8 Å². The minimum Gasteiger partial charge on any atom is -0.356 e. The molecule has 0 atom stereocenters. The van der Waals surface area contributed by atoms with Crippen molar-refractivity contribution < 1.29 is 9.59 Å². The molecule has 0 aliphatic carbocycles. The number of nitrogens with zero attached hydrogens (tertiary/aromatic N) is 2. The highest BCUT2D eigenvalue weighted by Gasteiger charge is 2.08. The molecule has 0 bridgehead atoms. The van der Waals surface area contributed by atoms with Crippen LogP contribution in [0.2, 0.25) is 0 Å². The Morgan fingerprint density at radius 2 is 1.55 bits per heavy atom. The molecular weight excluding hydrogens is 505 g/mol. The minimum absolute atomic E-state index is 0. The lowest BCUT2D eigenvalue weighted by atomic mass is 10.1. The van der Waals surface area contributed by atoms with E-state index in [4.69, 9.17) is 0 Å². The molecule has 3 N–H and O–H groups in total. The van der Waals surface area contributed by atoms with Gasteiger partial charge in [-0.3, -0.25) is 14.6 Å². The van der Waals surface area contributed by atoms with Gasteiger partial charge in [0.05, 0.1) is 0 Å². The number of rotatable bonds is 8. The van der Waals surface area contributed by atoms with Gasteiger partial charge < -0.3 is 20.9 Å². The van der Waals surface area contributed by atoms with Gasteiger partial charge in [-0.25, -0.2) is 0 Å². The predicted octanol–water partition coefficient (Wildman–Crippen LogP) is 2.45. The average molecular weight is 537 g/mol. The second-order valence-corrected chi connectivity index (χ2v) is 7.20. The highest BCUT2D eigenvalue weighted by atomic mass is 127. The number of halogens is 1. The van der Waals surface area contributed by atoms with Crippen molar-refractivity contribution >= 4 is 41.8 Å². The monoisotopic (exact) mass is 537 g/mol. The van der Waals surface area contributed by atoms with E-state index in [2.05, 4.69) is 20.9 Å². The van der Waals surface area contributed by atoms with Crippen LogP contribution in [0.4, 0.5) is 0 Å². The fraction of sp³-hybridized carbons (Fsp3) is 0.348. The lowest BCUT2D eigenvalue weighted by molar-refractivity contribution is 0.0827. The number of aryl methyl sites for hydroxylation is 1. The summed E-state index contributed by atoms with van der Waals surface area (Å²) in [5, 5.41) is 9.32. The maximum absolute atomic E-state index is 12.1. The zero-order valence-corrected chi connectivity index (χ0v) is 20.9. The standard InChI is InChI=1S/C23H31N5O2.HI/c1-17-7-5-9-19(15-17)21(29)25-13-14-27-23(24-2)26-12-11-18-8-6-10-20(16-18)22(30)28(3)4;/h5-10,15-16H,11-14H2,1-4H3,(H,25,29)(H2,24,26,27);1H. The van der Waals surface area contributed by atoms with Gasteiger partial charge >= 0.3 is 0 Å². The number of aliphatic imine (C=N–C) groups is 1. The highest BCUT2D eigenvalue weighted by molar-refractivity contribution is 14.0. The van der Waals surface area contributed by atoms with E-state index in [1.54, 1.807) is 32.1 Å². The number of hydrogen-bond acceptors (Lipinski definition) is 3. The van der Waals surface area contributed by atoms with Crippen molar-refractivity contribution in [3.8, 4) is 0 Å². The summed E-state index contributed by atoms with van der Waals surface area (Å²) >= 11 is 0. The molecule has 0 aliphatic heterocycles. The first-order valence-electron chi connectivity index (χ1n) is 10.0. The van der Waals surface area contributed by atoms with Crippen LogP contribution in [-0.2, 0) is 6.42 Å². The molecule has 8 heteroatoms. The first-order valence-corrected chi connectivity index (χ1v) is 10.0. The summed E-state index contributed by atoms with van der Waals surface area (Å²) in [4.78, 5) is 30.0. The Morgan fingerprint density at radius 1 is 0.903 bits per heavy atom. The quantitative estimate of drug-likeness (QED) is 0.209. The molecule has 0 aromatic heterocycles. The molecule has 0 radical (unpaired) electrons. The molecule has 0 saturated heterocycles. The van der Waals surface area contributed by atoms with E-state index in [1.165, 1.54) is 0 Å². The Kier molecular flexibility index (Phi) is 11.6. The lowest BCUT2D eigenvalue weighted by Crippen LogP contribution is -2.42. The van der Waals surface area contributed by atoms with Crippen LogP contribution in [0.25, 0.3) is 0 Å². The summed E-state index contributed by atoms with van der Waals surface area (Å²) in [6.07, 6.45) is 0.763. The van der Waals surface area contributed by atoms with Crippen molar-refractivity contribution in [1.82, 2.24) is 20.9 Å². The van der Waals surface area contributed by atoms with Gasteiger partial charge in [-0.1, -0.05) is 29.8 Å². The Morgan fingerprint density at radius 3 is 2.23 bits per heavy atom. The second-order valence-electron chi connectivity index (χ2n) is 7.20. The average Bonchev–Trinajstić information content (AvgIpc) is 2.74. The number of hydrogen-bond donors (Lipinski definition) is 3. The fourth-order valence-electron chi connectivity index (χ4n) is 2.91. The zero-order valence-electron chi connectivity index (χ0n) is 18.6. The highest BCUT2D eigenvalue weighted by Crippen LogP contribution is 2.07. The molecule has 0 unspecified atom stereocenters. The van der Waals surface area contributed by atoms with Crippen LogP contribution in [0.1, 0.15) is 31.8 Å². The van der Waals surface area contributed by atoms with Crippen LogP contribution in [0.3, 0.4) is 0 Å². The van der Waals surface area contributed by atoms with E-state index in [0.717, 1.165) is 17.5 Å². The number of benzene rings is 2. The number of amides is 2. The van der Waals surface area contributed by atoms with Gasteiger partial charge in [0.25, 0.3) is 11.8 Å². The smallest absolute Gasteiger partial charge is 0.253 e. The normalized spacial score (nSPS) is 10.6. The van der Waals surface area contributed by atoms with E-state index < -0.39 is 0 Å². The predicted molar refractivity (Wildman–Crippen MR) is 136 cm³/mol. The molecular formula is C23H32IN5O2. The van der Waals surface area contributed by atoms with Crippen LogP contribution in [-0.4, -0.2) is 63.5 Å². The minimum atomic E-state index is -0.0874. The van der Waals surface area contributed by atoms with Crippen LogP contribution in [0.15, 0.2) is 53.5 Å². The summed E-state index contributed by atoms with van der Waals surface area (Å²) in [5.74, 6) is 0.575. The molecule has 0 heterocycles. The van der Waals surface area contributed by atoms with Crippen LogP contribution < -0.4 is 16.0 Å². The lowest BCUT2D eigenvalue weighted by Gasteiger charge is -2.13. The molecule has 0 spiro atoms. The molecule has 0 fully saturated rings. The van der Waals surface area contributed by atoms with Crippen LogP contribution in [0, 0.1) is 6.92 Å². The summed E-state index contributed by atoms with van der Waals surface area (Å²) in [6.45, 7) is 3.69. The van der Waals surface area contributed by atoms with Crippen molar-refractivity contribution in [3.63, 3.8) is 0 Å². The van der Waals surface area contributed by atoms with Gasteiger partial charge in [0.2, 0.25) is 0 Å². The SMILES string of the molecule is CN=C(NCCNC(=O)c1cccc(C)c1)NCCc1cccc(C(=O)N(C)C)c1.I. The first kappa shape index (κ1) is 26.4. The number of guanidine groups is 1. The maximum atomic E-state index is 12.1. The van der Waals surface area contributed by atoms with Crippen LogP contribution >= 0.6 is 24.0 Å². The van der Waals surface area contributed by atoms with E-state index in [-0.39, 0.29) is 35.8 Å². The molecule has 0 saturated carbocycles. The molecule has 2 amide bonds. The molecule has 2 rings (SSSR count). The van der Waals surface area contributed by atoms with Gasteiger partial charge in [-0.15, -0.1) is 24.0 Å². The molecule has 2 aromatic rings.